The summed E-state index contributed by atoms with van der Waals surface area (Å²) in [6.07, 6.45) is -2.96. The zero-order chi connectivity index (χ0) is 11.4. The van der Waals surface area contributed by atoms with E-state index in [0.717, 1.165) is 0 Å². The van der Waals surface area contributed by atoms with E-state index in [1.165, 1.54) is 0 Å². The van der Waals surface area contributed by atoms with Crippen molar-refractivity contribution in [1.82, 2.24) is 5.32 Å². The summed E-state index contributed by atoms with van der Waals surface area (Å²) in [5, 5.41) is 30.2. The minimum absolute atomic E-state index is 0.131. The number of primary amides is 1. The summed E-state index contributed by atoms with van der Waals surface area (Å²) in [4.78, 5) is 10.4. The van der Waals surface area contributed by atoms with Gasteiger partial charge in [0.15, 0.2) is 0 Å². The third kappa shape index (κ3) is 3.03. The SMILES string of the molecule is NC(=O)NC[C@@H]1CO[C@H](CO)[C@H](O)[C@@H]1O. The Labute approximate surface area is 86.8 Å². The summed E-state index contributed by atoms with van der Waals surface area (Å²) < 4.78 is 5.10. The molecule has 0 saturated carbocycles. The van der Waals surface area contributed by atoms with Gasteiger partial charge < -0.3 is 31.1 Å². The summed E-state index contributed by atoms with van der Waals surface area (Å²) in [7, 11) is 0. The highest BCUT2D eigenvalue weighted by Crippen LogP contribution is 2.19. The molecule has 7 heteroatoms. The van der Waals surface area contributed by atoms with Crippen molar-refractivity contribution in [2.45, 2.75) is 18.3 Å². The number of nitrogens with one attached hydrogen (secondary N) is 1. The molecule has 2 amide bonds. The molecule has 0 spiro atoms. The Kier molecular flexibility index (Phi) is 4.28. The topological polar surface area (TPSA) is 125 Å². The molecule has 15 heavy (non-hydrogen) atoms. The Bertz CT molecular complexity index is 225. The smallest absolute Gasteiger partial charge is 0.312 e. The van der Waals surface area contributed by atoms with Crippen molar-refractivity contribution < 1.29 is 24.9 Å². The molecule has 1 aliphatic rings. The number of ether oxygens (including phenoxy) is 1. The molecule has 1 saturated heterocycles. The van der Waals surface area contributed by atoms with Gasteiger partial charge in [-0.3, -0.25) is 0 Å². The van der Waals surface area contributed by atoms with Crippen LogP contribution in [-0.4, -0.2) is 59.4 Å². The molecule has 0 unspecified atom stereocenters. The van der Waals surface area contributed by atoms with Gasteiger partial charge in [0.25, 0.3) is 0 Å². The summed E-state index contributed by atoms with van der Waals surface area (Å²) in [5.41, 5.74) is 4.87. The maximum absolute atomic E-state index is 10.4. The normalized spacial score (nSPS) is 36.2. The first-order chi connectivity index (χ1) is 7.06. The molecule has 1 aliphatic heterocycles. The lowest BCUT2D eigenvalue weighted by atomic mass is 9.92. The van der Waals surface area contributed by atoms with Gasteiger partial charge in [-0.1, -0.05) is 0 Å². The van der Waals surface area contributed by atoms with E-state index < -0.39 is 30.3 Å². The highest BCUT2D eigenvalue weighted by atomic mass is 16.5. The van der Waals surface area contributed by atoms with Crippen LogP contribution in [0.2, 0.25) is 0 Å². The average Bonchev–Trinajstić information content (AvgIpc) is 2.20. The van der Waals surface area contributed by atoms with E-state index in [4.69, 9.17) is 15.6 Å². The van der Waals surface area contributed by atoms with Gasteiger partial charge in [0.1, 0.15) is 12.2 Å². The molecule has 0 aliphatic carbocycles. The highest BCUT2D eigenvalue weighted by molar-refractivity contribution is 5.71. The van der Waals surface area contributed by atoms with E-state index in [2.05, 4.69) is 5.32 Å². The first-order valence-corrected chi connectivity index (χ1v) is 4.68. The van der Waals surface area contributed by atoms with Crippen LogP contribution in [0.5, 0.6) is 0 Å². The lowest BCUT2D eigenvalue weighted by molar-refractivity contribution is -0.173. The number of rotatable bonds is 3. The molecule has 7 nitrogen and oxygen atoms in total. The van der Waals surface area contributed by atoms with Crippen molar-refractivity contribution in [3.05, 3.63) is 0 Å². The number of carbonyl (C=O) groups is 1. The van der Waals surface area contributed by atoms with Crippen LogP contribution < -0.4 is 11.1 Å². The number of nitrogens with two attached hydrogens (primary N) is 1. The first-order valence-electron chi connectivity index (χ1n) is 4.68. The van der Waals surface area contributed by atoms with E-state index in [-0.39, 0.29) is 19.8 Å². The van der Waals surface area contributed by atoms with Gasteiger partial charge >= 0.3 is 6.03 Å². The van der Waals surface area contributed by atoms with E-state index in [9.17, 15) is 15.0 Å². The molecule has 0 aromatic carbocycles. The largest absolute Gasteiger partial charge is 0.394 e. The van der Waals surface area contributed by atoms with Gasteiger partial charge in [-0.05, 0) is 0 Å². The monoisotopic (exact) mass is 220 g/mol. The van der Waals surface area contributed by atoms with Crippen LogP contribution in [0.1, 0.15) is 0 Å². The van der Waals surface area contributed by atoms with Gasteiger partial charge in [-0.2, -0.15) is 0 Å². The fraction of sp³-hybridized carbons (Fsp3) is 0.875. The molecule has 0 bridgehead atoms. The molecular weight excluding hydrogens is 204 g/mol. The molecule has 1 rings (SSSR count). The molecule has 0 aromatic heterocycles. The molecule has 6 N–H and O–H groups in total. The second kappa shape index (κ2) is 5.26. The minimum Gasteiger partial charge on any atom is -0.394 e. The molecule has 1 heterocycles. The molecule has 88 valence electrons. The highest BCUT2D eigenvalue weighted by Gasteiger charge is 2.37. The number of urea groups is 1. The summed E-state index contributed by atoms with van der Waals surface area (Å²) in [6.45, 7) is -0.0658. The number of aliphatic hydroxyl groups is 3. The number of carbonyl (C=O) groups excluding carboxylic acids is 1. The van der Waals surface area contributed by atoms with Crippen molar-refractivity contribution in [3.8, 4) is 0 Å². The number of amides is 2. The Morgan fingerprint density at radius 3 is 2.67 bits per heavy atom. The van der Waals surface area contributed by atoms with Gasteiger partial charge in [-0.25, -0.2) is 4.79 Å². The lowest BCUT2D eigenvalue weighted by Gasteiger charge is -2.36. The van der Waals surface area contributed by atoms with E-state index >= 15 is 0 Å². The van der Waals surface area contributed by atoms with E-state index in [1.54, 1.807) is 0 Å². The van der Waals surface area contributed by atoms with Crippen molar-refractivity contribution in [2.75, 3.05) is 19.8 Å². The predicted molar refractivity (Wildman–Crippen MR) is 49.9 cm³/mol. The second-order valence-corrected chi connectivity index (χ2v) is 3.54. The number of hydrogen-bond acceptors (Lipinski definition) is 5. The van der Waals surface area contributed by atoms with Crippen LogP contribution in [0.15, 0.2) is 0 Å². The molecule has 0 radical (unpaired) electrons. The van der Waals surface area contributed by atoms with Gasteiger partial charge in [-0.15, -0.1) is 0 Å². The van der Waals surface area contributed by atoms with E-state index in [0.29, 0.717) is 0 Å². The van der Waals surface area contributed by atoms with Crippen LogP contribution in [0.25, 0.3) is 0 Å². The summed E-state index contributed by atoms with van der Waals surface area (Å²) in [6, 6.07) is -0.694. The summed E-state index contributed by atoms with van der Waals surface area (Å²) in [5.74, 6) is -0.421. The van der Waals surface area contributed by atoms with Crippen LogP contribution in [0.4, 0.5) is 4.79 Å². The Hall–Kier alpha value is -0.890. The maximum Gasteiger partial charge on any atom is 0.312 e. The Morgan fingerprint density at radius 2 is 2.13 bits per heavy atom. The third-order valence-corrected chi connectivity index (χ3v) is 2.46. The molecular formula is C8H16N2O5. The van der Waals surface area contributed by atoms with Crippen LogP contribution >= 0.6 is 0 Å². The minimum atomic E-state index is -1.15. The van der Waals surface area contributed by atoms with Crippen LogP contribution in [0.3, 0.4) is 0 Å². The zero-order valence-corrected chi connectivity index (χ0v) is 8.17. The number of hydrogen-bond donors (Lipinski definition) is 5. The molecule has 4 atom stereocenters. The van der Waals surface area contributed by atoms with Crippen molar-refractivity contribution >= 4 is 6.03 Å². The Morgan fingerprint density at radius 1 is 1.47 bits per heavy atom. The quantitative estimate of drug-likeness (QED) is 0.356. The van der Waals surface area contributed by atoms with Crippen LogP contribution in [-0.2, 0) is 4.74 Å². The third-order valence-electron chi connectivity index (χ3n) is 2.46. The van der Waals surface area contributed by atoms with Crippen molar-refractivity contribution in [3.63, 3.8) is 0 Å². The predicted octanol–water partition coefficient (Wildman–Crippen LogP) is -2.62. The number of aliphatic hydroxyl groups excluding tert-OH is 3. The van der Waals surface area contributed by atoms with Crippen molar-refractivity contribution in [2.24, 2.45) is 11.7 Å². The van der Waals surface area contributed by atoms with Crippen LogP contribution in [0, 0.1) is 5.92 Å². The van der Waals surface area contributed by atoms with Gasteiger partial charge in [0.05, 0.1) is 19.3 Å². The fourth-order valence-corrected chi connectivity index (χ4v) is 1.52. The zero-order valence-electron chi connectivity index (χ0n) is 8.17. The van der Waals surface area contributed by atoms with Crippen molar-refractivity contribution in [1.29, 1.82) is 0 Å². The van der Waals surface area contributed by atoms with E-state index in [1.807, 2.05) is 0 Å². The molecule has 1 fully saturated rings. The standard InChI is InChI=1S/C8H16N2O5/c9-8(14)10-1-4-3-15-5(2-11)7(13)6(4)12/h4-7,11-13H,1-3H2,(H3,9,10,14)/t4-,5-,6-,7+/m1/s1. The van der Waals surface area contributed by atoms with Gasteiger partial charge in [0, 0.05) is 12.5 Å². The summed E-state index contributed by atoms with van der Waals surface area (Å²) >= 11 is 0. The maximum atomic E-state index is 10.4. The fourth-order valence-electron chi connectivity index (χ4n) is 1.52. The molecule has 0 aromatic rings. The Balaban J connectivity index is 2.45. The second-order valence-electron chi connectivity index (χ2n) is 3.54. The first kappa shape index (κ1) is 12.2. The lowest BCUT2D eigenvalue weighted by Crippen LogP contribution is -2.54. The average molecular weight is 220 g/mol. The van der Waals surface area contributed by atoms with Gasteiger partial charge in [0.2, 0.25) is 0 Å².